The van der Waals surface area contributed by atoms with Crippen LogP contribution in [-0.2, 0) is 22.3 Å². The molecule has 0 saturated carbocycles. The first-order valence-electron chi connectivity index (χ1n) is 11.6. The minimum atomic E-state index is -4.50. The van der Waals surface area contributed by atoms with Crippen LogP contribution in [0.4, 0.5) is 24.5 Å². The SMILES string of the molecule is Cc1ccc(Nc2cnc(CNC(=O)[C@]3(CC(=O)c4cncnc4)CCOC3)c(C)c2)c(C(F)(F)F)c1. The molecule has 0 aliphatic carbocycles. The number of nitrogens with one attached hydrogen (secondary N) is 2. The maximum absolute atomic E-state index is 13.5. The predicted molar refractivity (Wildman–Crippen MR) is 129 cm³/mol. The van der Waals surface area contributed by atoms with Crippen LogP contribution < -0.4 is 10.6 Å². The molecule has 0 radical (unpaired) electrons. The van der Waals surface area contributed by atoms with E-state index in [0.29, 0.717) is 41.1 Å². The second kappa shape index (κ2) is 10.6. The van der Waals surface area contributed by atoms with Gasteiger partial charge in [0, 0.05) is 25.4 Å². The summed E-state index contributed by atoms with van der Waals surface area (Å²) in [6.07, 6.45) is 1.41. The lowest BCUT2D eigenvalue weighted by atomic mass is 9.80. The molecular formula is C26H26F3N5O3. The van der Waals surface area contributed by atoms with E-state index in [-0.39, 0.29) is 37.0 Å². The van der Waals surface area contributed by atoms with Crippen molar-refractivity contribution in [1.82, 2.24) is 20.3 Å². The van der Waals surface area contributed by atoms with Gasteiger partial charge >= 0.3 is 6.18 Å². The van der Waals surface area contributed by atoms with Gasteiger partial charge in [-0.2, -0.15) is 13.2 Å². The molecule has 3 aromatic rings. The Bertz CT molecular complexity index is 1290. The summed E-state index contributed by atoms with van der Waals surface area (Å²) >= 11 is 0. The van der Waals surface area contributed by atoms with E-state index in [1.807, 2.05) is 0 Å². The Balaban J connectivity index is 1.44. The van der Waals surface area contributed by atoms with E-state index in [1.165, 1.54) is 31.0 Å². The summed E-state index contributed by atoms with van der Waals surface area (Å²) in [5.41, 5.74) is 0.599. The molecule has 37 heavy (non-hydrogen) atoms. The van der Waals surface area contributed by atoms with Gasteiger partial charge in [-0.05, 0) is 44.0 Å². The fraction of sp³-hybridized carbons (Fsp3) is 0.346. The third-order valence-corrected chi connectivity index (χ3v) is 6.33. The first-order chi connectivity index (χ1) is 17.6. The lowest BCUT2D eigenvalue weighted by Crippen LogP contribution is -2.43. The van der Waals surface area contributed by atoms with E-state index in [4.69, 9.17) is 4.74 Å². The summed E-state index contributed by atoms with van der Waals surface area (Å²) < 4.78 is 45.8. The minimum absolute atomic E-state index is 0.0421. The molecule has 8 nitrogen and oxygen atoms in total. The van der Waals surface area contributed by atoms with Crippen molar-refractivity contribution in [2.24, 2.45) is 5.41 Å². The molecule has 1 aliphatic rings. The number of aryl methyl sites for hydroxylation is 2. The van der Waals surface area contributed by atoms with Crippen LogP contribution in [0.3, 0.4) is 0 Å². The van der Waals surface area contributed by atoms with Crippen LogP contribution in [0.15, 0.2) is 49.2 Å². The first-order valence-corrected chi connectivity index (χ1v) is 11.6. The van der Waals surface area contributed by atoms with Gasteiger partial charge in [-0.1, -0.05) is 11.6 Å². The van der Waals surface area contributed by atoms with Crippen LogP contribution >= 0.6 is 0 Å². The molecule has 11 heteroatoms. The number of Topliss-reactive ketones (excluding diaryl/α,β-unsaturated/α-hetero) is 1. The molecular weight excluding hydrogens is 487 g/mol. The zero-order valence-corrected chi connectivity index (χ0v) is 20.4. The zero-order valence-electron chi connectivity index (χ0n) is 20.4. The molecule has 194 valence electrons. The van der Waals surface area contributed by atoms with Gasteiger partial charge in [0.1, 0.15) is 6.33 Å². The summed E-state index contributed by atoms with van der Waals surface area (Å²) in [5, 5.41) is 5.64. The van der Waals surface area contributed by atoms with Crippen LogP contribution in [0.1, 0.15) is 45.6 Å². The van der Waals surface area contributed by atoms with Crippen molar-refractivity contribution in [2.75, 3.05) is 18.5 Å². The van der Waals surface area contributed by atoms with E-state index in [2.05, 4.69) is 25.6 Å². The fourth-order valence-electron chi connectivity index (χ4n) is 4.22. The molecule has 1 fully saturated rings. The van der Waals surface area contributed by atoms with Gasteiger partial charge in [-0.3, -0.25) is 14.6 Å². The third kappa shape index (κ3) is 6.11. The van der Waals surface area contributed by atoms with E-state index < -0.39 is 17.2 Å². The van der Waals surface area contributed by atoms with Crippen LogP contribution in [-0.4, -0.2) is 39.9 Å². The van der Waals surface area contributed by atoms with Crippen LogP contribution in [0.5, 0.6) is 0 Å². The highest BCUT2D eigenvalue weighted by Crippen LogP contribution is 2.37. The monoisotopic (exact) mass is 513 g/mol. The Labute approximate surface area is 211 Å². The number of hydrogen-bond acceptors (Lipinski definition) is 7. The normalized spacial score (nSPS) is 17.4. The van der Waals surface area contributed by atoms with Crippen molar-refractivity contribution in [3.63, 3.8) is 0 Å². The number of ether oxygens (including phenoxy) is 1. The zero-order chi connectivity index (χ0) is 26.6. The molecule has 3 heterocycles. The number of aromatic nitrogens is 3. The molecule has 0 unspecified atom stereocenters. The Morgan fingerprint density at radius 3 is 2.51 bits per heavy atom. The lowest BCUT2D eigenvalue weighted by molar-refractivity contribution is -0.137. The molecule has 2 N–H and O–H groups in total. The number of carbonyl (C=O) groups excluding carboxylic acids is 2. The topological polar surface area (TPSA) is 106 Å². The number of nitrogens with zero attached hydrogens (tertiary/aromatic N) is 3. The Morgan fingerprint density at radius 1 is 1.11 bits per heavy atom. The highest BCUT2D eigenvalue weighted by atomic mass is 19.4. The maximum Gasteiger partial charge on any atom is 0.418 e. The van der Waals surface area contributed by atoms with Crippen molar-refractivity contribution >= 4 is 23.1 Å². The minimum Gasteiger partial charge on any atom is -0.380 e. The number of amides is 1. The van der Waals surface area contributed by atoms with E-state index >= 15 is 0 Å². The van der Waals surface area contributed by atoms with Gasteiger partial charge in [0.25, 0.3) is 0 Å². The number of carbonyl (C=O) groups is 2. The quantitative estimate of drug-likeness (QED) is 0.426. The first kappa shape index (κ1) is 26.2. The Hall–Kier alpha value is -3.86. The van der Waals surface area contributed by atoms with E-state index in [0.717, 1.165) is 6.07 Å². The third-order valence-electron chi connectivity index (χ3n) is 6.33. The molecule has 1 aliphatic heterocycles. The highest BCUT2D eigenvalue weighted by molar-refractivity contribution is 5.99. The van der Waals surface area contributed by atoms with E-state index in [1.54, 1.807) is 26.0 Å². The van der Waals surface area contributed by atoms with Crippen LogP contribution in [0.25, 0.3) is 0 Å². The van der Waals surface area contributed by atoms with Gasteiger partial charge in [0.05, 0.1) is 53.0 Å². The average molecular weight is 514 g/mol. The summed E-state index contributed by atoms with van der Waals surface area (Å²) in [5.74, 6) is -0.576. The maximum atomic E-state index is 13.5. The molecule has 1 amide bonds. The van der Waals surface area contributed by atoms with Crippen molar-refractivity contribution in [3.05, 3.63) is 77.1 Å². The van der Waals surface area contributed by atoms with Crippen molar-refractivity contribution in [1.29, 1.82) is 0 Å². The summed E-state index contributed by atoms with van der Waals surface area (Å²) in [7, 11) is 0. The van der Waals surface area contributed by atoms with Gasteiger partial charge in [0.2, 0.25) is 5.91 Å². The average Bonchev–Trinajstić information content (AvgIpc) is 3.34. The predicted octanol–water partition coefficient (Wildman–Crippen LogP) is 4.55. The van der Waals surface area contributed by atoms with Gasteiger partial charge in [-0.15, -0.1) is 0 Å². The Kier molecular flexibility index (Phi) is 7.53. The molecule has 0 bridgehead atoms. The summed E-state index contributed by atoms with van der Waals surface area (Å²) in [4.78, 5) is 37.9. The highest BCUT2D eigenvalue weighted by Gasteiger charge is 2.44. The number of halogens is 3. The van der Waals surface area contributed by atoms with Crippen molar-refractivity contribution in [3.8, 4) is 0 Å². The number of rotatable bonds is 8. The van der Waals surface area contributed by atoms with Crippen LogP contribution in [0.2, 0.25) is 0 Å². The Morgan fingerprint density at radius 2 is 1.86 bits per heavy atom. The number of ketones is 1. The molecule has 1 saturated heterocycles. The molecule has 1 atom stereocenters. The number of alkyl halides is 3. The molecule has 2 aromatic heterocycles. The largest absolute Gasteiger partial charge is 0.418 e. The standard InChI is InChI=1S/C26H26F3N5O3/c1-16-3-4-21(20(7-16)26(27,28)29)34-19-8-17(2)22(32-12-19)13-33-24(36)25(5-6-37-14-25)9-23(35)18-10-30-15-31-11-18/h3-4,7-8,10-12,15,34H,5-6,9,13-14H2,1-2H3,(H,33,36)/t25-/m0/s1. The van der Waals surface area contributed by atoms with Gasteiger partial charge in [-0.25, -0.2) is 9.97 Å². The smallest absolute Gasteiger partial charge is 0.380 e. The lowest BCUT2D eigenvalue weighted by Gasteiger charge is -2.25. The molecule has 1 aromatic carbocycles. The number of benzene rings is 1. The van der Waals surface area contributed by atoms with Gasteiger partial charge < -0.3 is 15.4 Å². The second-order valence-corrected chi connectivity index (χ2v) is 9.15. The van der Waals surface area contributed by atoms with Crippen molar-refractivity contribution in [2.45, 2.75) is 39.4 Å². The number of hydrogen-bond donors (Lipinski definition) is 2. The second-order valence-electron chi connectivity index (χ2n) is 9.15. The summed E-state index contributed by atoms with van der Waals surface area (Å²) in [6, 6.07) is 5.74. The van der Waals surface area contributed by atoms with Crippen molar-refractivity contribution < 1.29 is 27.5 Å². The molecule has 0 spiro atoms. The fourth-order valence-corrected chi connectivity index (χ4v) is 4.22. The number of anilines is 2. The molecule has 4 rings (SSSR count). The summed E-state index contributed by atoms with van der Waals surface area (Å²) in [6.45, 7) is 3.93. The van der Waals surface area contributed by atoms with E-state index in [9.17, 15) is 22.8 Å². The number of pyridine rings is 1. The van der Waals surface area contributed by atoms with Crippen LogP contribution in [0, 0.1) is 19.3 Å². The van der Waals surface area contributed by atoms with Gasteiger partial charge in [0.15, 0.2) is 5.78 Å².